The minimum atomic E-state index is -0.288. The van der Waals surface area contributed by atoms with Gasteiger partial charge in [0.2, 0.25) is 11.8 Å². The second-order valence-electron chi connectivity index (χ2n) is 6.50. The van der Waals surface area contributed by atoms with Crippen LogP contribution in [0.4, 0.5) is 0 Å². The van der Waals surface area contributed by atoms with Crippen LogP contribution >= 0.6 is 0 Å². The molecule has 1 aliphatic rings. The summed E-state index contributed by atoms with van der Waals surface area (Å²) in [5.41, 5.74) is 2.96. The lowest BCUT2D eigenvalue weighted by molar-refractivity contribution is -0.127. The number of nitrogens with zero attached hydrogens (tertiary/aromatic N) is 2. The lowest BCUT2D eigenvalue weighted by atomic mass is 10.1. The fourth-order valence-electron chi connectivity index (χ4n) is 2.81. The molecule has 0 spiro atoms. The van der Waals surface area contributed by atoms with Crippen LogP contribution in [-0.4, -0.2) is 11.8 Å². The Morgan fingerprint density at radius 3 is 1.48 bits per heavy atom. The van der Waals surface area contributed by atoms with Crippen molar-refractivity contribution >= 4 is 11.8 Å². The van der Waals surface area contributed by atoms with E-state index in [1.54, 1.807) is 48.5 Å². The van der Waals surface area contributed by atoms with Crippen LogP contribution in [0.25, 0.3) is 0 Å². The van der Waals surface area contributed by atoms with Crippen LogP contribution in [0.15, 0.2) is 48.5 Å². The molecule has 6 nitrogen and oxygen atoms in total. The summed E-state index contributed by atoms with van der Waals surface area (Å²) in [6, 6.07) is 18.1. The molecule has 2 unspecified atom stereocenters. The fraction of sp³-hybridized carbons (Fsp3) is 0.238. The Bertz CT molecular complexity index is 843. The molecule has 3 rings (SSSR count). The van der Waals surface area contributed by atoms with Crippen molar-refractivity contribution in [1.29, 1.82) is 10.5 Å². The molecule has 6 heteroatoms. The molecule has 0 aliphatic heterocycles. The summed E-state index contributed by atoms with van der Waals surface area (Å²) in [6.45, 7) is 0.751. The topological polar surface area (TPSA) is 106 Å². The van der Waals surface area contributed by atoms with Crippen LogP contribution in [-0.2, 0) is 22.7 Å². The van der Waals surface area contributed by atoms with Crippen molar-refractivity contribution in [3.05, 3.63) is 70.8 Å². The maximum atomic E-state index is 12.2. The smallest absolute Gasteiger partial charge is 0.224 e. The van der Waals surface area contributed by atoms with E-state index in [1.165, 1.54) is 0 Å². The molecular weight excluding hydrogens is 340 g/mol. The lowest BCUT2D eigenvalue weighted by Gasteiger charge is -2.07. The molecular formula is C21H18N4O2. The van der Waals surface area contributed by atoms with E-state index in [9.17, 15) is 9.59 Å². The van der Waals surface area contributed by atoms with Crippen molar-refractivity contribution in [2.24, 2.45) is 11.8 Å². The van der Waals surface area contributed by atoms with E-state index in [-0.39, 0.29) is 23.7 Å². The van der Waals surface area contributed by atoms with Crippen molar-refractivity contribution in [2.75, 3.05) is 0 Å². The van der Waals surface area contributed by atoms with Gasteiger partial charge in [0.15, 0.2) is 0 Å². The van der Waals surface area contributed by atoms with E-state index >= 15 is 0 Å². The molecule has 0 aromatic heterocycles. The third-order valence-corrected chi connectivity index (χ3v) is 4.56. The molecule has 134 valence electrons. The molecule has 1 saturated carbocycles. The zero-order valence-corrected chi connectivity index (χ0v) is 14.6. The van der Waals surface area contributed by atoms with Gasteiger partial charge in [0, 0.05) is 13.1 Å². The minimum absolute atomic E-state index is 0.127. The number of benzene rings is 2. The number of amides is 2. The Hall–Kier alpha value is -3.64. The normalized spacial score (nSPS) is 17.3. The average molecular weight is 358 g/mol. The maximum absolute atomic E-state index is 12.2. The van der Waals surface area contributed by atoms with Gasteiger partial charge in [0.25, 0.3) is 0 Å². The Balaban J connectivity index is 1.42. The number of carbonyl (C=O) groups is 2. The standard InChI is InChI=1S/C21H18N4O2/c22-10-14-1-5-16(6-2-14)12-24-20(26)18-9-19(18)21(27)25-13-17-7-3-15(11-23)4-8-17/h1-8,18-19H,9,12-13H2,(H,24,26)(H,25,27). The average Bonchev–Trinajstić information content (AvgIpc) is 3.52. The van der Waals surface area contributed by atoms with Gasteiger partial charge in [-0.25, -0.2) is 0 Å². The first-order valence-corrected chi connectivity index (χ1v) is 8.64. The molecule has 0 bridgehead atoms. The molecule has 2 atom stereocenters. The number of nitrogens with one attached hydrogen (secondary N) is 2. The number of carbonyl (C=O) groups excluding carboxylic acids is 2. The third-order valence-electron chi connectivity index (χ3n) is 4.56. The van der Waals surface area contributed by atoms with Gasteiger partial charge in [-0.15, -0.1) is 0 Å². The van der Waals surface area contributed by atoms with Gasteiger partial charge >= 0.3 is 0 Å². The van der Waals surface area contributed by atoms with Gasteiger partial charge in [-0.1, -0.05) is 24.3 Å². The van der Waals surface area contributed by atoms with Crippen molar-refractivity contribution in [1.82, 2.24) is 10.6 Å². The SMILES string of the molecule is N#Cc1ccc(CNC(=O)C2CC2C(=O)NCc2ccc(C#N)cc2)cc1. The molecule has 2 aromatic carbocycles. The van der Waals surface area contributed by atoms with Crippen LogP contribution < -0.4 is 10.6 Å². The first kappa shape index (κ1) is 18.2. The van der Waals surface area contributed by atoms with Crippen LogP contribution in [0.3, 0.4) is 0 Å². The molecule has 1 fully saturated rings. The number of hydrogen-bond acceptors (Lipinski definition) is 4. The Labute approximate surface area is 157 Å². The van der Waals surface area contributed by atoms with E-state index in [0.29, 0.717) is 30.6 Å². The maximum Gasteiger partial charge on any atom is 0.224 e. The second-order valence-corrected chi connectivity index (χ2v) is 6.50. The Kier molecular flexibility index (Phi) is 5.49. The number of hydrogen-bond donors (Lipinski definition) is 2. The highest BCUT2D eigenvalue weighted by Crippen LogP contribution is 2.38. The zero-order chi connectivity index (χ0) is 19.2. The van der Waals surface area contributed by atoms with Gasteiger partial charge in [0.1, 0.15) is 0 Å². The predicted molar refractivity (Wildman–Crippen MR) is 97.6 cm³/mol. The predicted octanol–water partition coefficient (Wildman–Crippen LogP) is 2.00. The molecule has 2 amide bonds. The molecule has 0 saturated heterocycles. The number of nitriles is 2. The van der Waals surface area contributed by atoms with Crippen LogP contribution in [0.5, 0.6) is 0 Å². The van der Waals surface area contributed by atoms with E-state index in [2.05, 4.69) is 10.6 Å². The second kappa shape index (κ2) is 8.16. The van der Waals surface area contributed by atoms with Crippen molar-refractivity contribution in [3.63, 3.8) is 0 Å². The first-order chi connectivity index (χ1) is 13.1. The van der Waals surface area contributed by atoms with Crippen LogP contribution in [0.2, 0.25) is 0 Å². The quantitative estimate of drug-likeness (QED) is 0.824. The lowest BCUT2D eigenvalue weighted by Crippen LogP contribution is -2.29. The van der Waals surface area contributed by atoms with E-state index < -0.39 is 0 Å². The number of rotatable bonds is 6. The highest BCUT2D eigenvalue weighted by atomic mass is 16.2. The zero-order valence-electron chi connectivity index (χ0n) is 14.6. The molecule has 2 aromatic rings. The summed E-state index contributed by atoms with van der Waals surface area (Å²) in [5.74, 6) is -0.829. The molecule has 27 heavy (non-hydrogen) atoms. The Morgan fingerprint density at radius 1 is 0.778 bits per heavy atom. The van der Waals surface area contributed by atoms with E-state index in [0.717, 1.165) is 11.1 Å². The van der Waals surface area contributed by atoms with E-state index in [1.807, 2.05) is 12.1 Å². The summed E-state index contributed by atoms with van der Waals surface area (Å²) in [7, 11) is 0. The first-order valence-electron chi connectivity index (χ1n) is 8.64. The fourth-order valence-corrected chi connectivity index (χ4v) is 2.81. The molecule has 1 aliphatic carbocycles. The van der Waals surface area contributed by atoms with Crippen LogP contribution in [0.1, 0.15) is 28.7 Å². The highest BCUT2D eigenvalue weighted by Gasteiger charge is 2.47. The van der Waals surface area contributed by atoms with Gasteiger partial charge in [-0.2, -0.15) is 10.5 Å². The largest absolute Gasteiger partial charge is 0.352 e. The molecule has 0 radical (unpaired) electrons. The van der Waals surface area contributed by atoms with Gasteiger partial charge in [-0.05, 0) is 41.8 Å². The van der Waals surface area contributed by atoms with Crippen molar-refractivity contribution < 1.29 is 9.59 Å². The highest BCUT2D eigenvalue weighted by molar-refractivity contribution is 5.92. The van der Waals surface area contributed by atoms with Gasteiger partial charge in [0.05, 0.1) is 35.1 Å². The van der Waals surface area contributed by atoms with Crippen molar-refractivity contribution in [3.8, 4) is 12.1 Å². The van der Waals surface area contributed by atoms with Gasteiger partial charge in [-0.3, -0.25) is 9.59 Å². The summed E-state index contributed by atoms with van der Waals surface area (Å²) >= 11 is 0. The van der Waals surface area contributed by atoms with Crippen molar-refractivity contribution in [2.45, 2.75) is 19.5 Å². The van der Waals surface area contributed by atoms with E-state index in [4.69, 9.17) is 10.5 Å². The summed E-state index contributed by atoms with van der Waals surface area (Å²) < 4.78 is 0. The molecule has 2 N–H and O–H groups in total. The third kappa shape index (κ3) is 4.71. The summed E-state index contributed by atoms with van der Waals surface area (Å²) in [5, 5.41) is 23.2. The Morgan fingerprint density at radius 2 is 1.15 bits per heavy atom. The summed E-state index contributed by atoms with van der Waals surface area (Å²) in [6.07, 6.45) is 0.554. The van der Waals surface area contributed by atoms with Gasteiger partial charge < -0.3 is 10.6 Å². The summed E-state index contributed by atoms with van der Waals surface area (Å²) in [4.78, 5) is 24.4. The molecule has 0 heterocycles. The monoisotopic (exact) mass is 358 g/mol. The van der Waals surface area contributed by atoms with Crippen LogP contribution in [0, 0.1) is 34.5 Å². The minimum Gasteiger partial charge on any atom is -0.352 e.